The van der Waals surface area contributed by atoms with Gasteiger partial charge in [-0.25, -0.2) is 13.1 Å². The first-order valence-corrected chi connectivity index (χ1v) is 7.89. The van der Waals surface area contributed by atoms with Crippen LogP contribution in [-0.2, 0) is 14.8 Å². The van der Waals surface area contributed by atoms with Crippen molar-refractivity contribution in [2.45, 2.75) is 4.90 Å². The molecule has 0 unspecified atom stereocenters. The van der Waals surface area contributed by atoms with Gasteiger partial charge in [0.2, 0.25) is 10.0 Å². The van der Waals surface area contributed by atoms with Gasteiger partial charge >= 0.3 is 0 Å². The number of nitrogens with two attached hydrogens (primary N) is 1. The number of sulfonamides is 1. The molecule has 0 amide bonds. The molecule has 3 N–H and O–H groups in total. The Hall–Kier alpha value is -1.47. The molecule has 0 atom stereocenters. The quantitative estimate of drug-likeness (QED) is 0.749. The zero-order valence-corrected chi connectivity index (χ0v) is 11.9. The Morgan fingerprint density at radius 2 is 1.80 bits per heavy atom. The van der Waals surface area contributed by atoms with Crippen LogP contribution in [0, 0.1) is 0 Å². The fourth-order valence-corrected chi connectivity index (χ4v) is 3.18. The smallest absolute Gasteiger partial charge is 0.241 e. The number of benzene rings is 2. The molecule has 0 aliphatic rings. The highest BCUT2D eigenvalue weighted by Gasteiger charge is 2.16. The fourth-order valence-electron chi connectivity index (χ4n) is 1.94. The maximum atomic E-state index is 12.3. The summed E-state index contributed by atoms with van der Waals surface area (Å²) in [5, 5.41) is 1.61. The van der Waals surface area contributed by atoms with Crippen molar-refractivity contribution in [2.75, 3.05) is 26.3 Å². The minimum Gasteiger partial charge on any atom is -0.379 e. The first kappa shape index (κ1) is 14.9. The van der Waals surface area contributed by atoms with Crippen LogP contribution in [0.2, 0.25) is 0 Å². The summed E-state index contributed by atoms with van der Waals surface area (Å²) in [6.07, 6.45) is 0. The van der Waals surface area contributed by atoms with Gasteiger partial charge in [-0.1, -0.05) is 36.4 Å². The van der Waals surface area contributed by atoms with E-state index in [0.29, 0.717) is 25.1 Å². The molecule has 0 spiro atoms. The molecule has 2 aromatic carbocycles. The molecule has 0 aliphatic carbocycles. The highest BCUT2D eigenvalue weighted by Crippen LogP contribution is 2.22. The second-order valence-electron chi connectivity index (χ2n) is 4.28. The third-order valence-electron chi connectivity index (χ3n) is 2.84. The second kappa shape index (κ2) is 6.81. The van der Waals surface area contributed by atoms with Crippen LogP contribution in [0.25, 0.3) is 10.8 Å². The minimum absolute atomic E-state index is 0.228. The molecule has 5 nitrogen and oxygen atoms in total. The van der Waals surface area contributed by atoms with Crippen LogP contribution in [0.3, 0.4) is 0 Å². The number of rotatable bonds is 7. The normalized spacial score (nSPS) is 11.8. The molecule has 0 saturated carbocycles. The van der Waals surface area contributed by atoms with E-state index in [0.717, 1.165) is 5.39 Å². The number of fused-ring (bicyclic) bond motifs is 1. The lowest BCUT2D eigenvalue weighted by Gasteiger charge is -2.09. The minimum atomic E-state index is -3.54. The number of ether oxygens (including phenoxy) is 1. The molecule has 0 bridgehead atoms. The first-order valence-electron chi connectivity index (χ1n) is 6.40. The van der Waals surface area contributed by atoms with Gasteiger partial charge < -0.3 is 10.5 Å². The SMILES string of the molecule is NCCOCCNS(=O)(=O)c1cccc2ccccc12. The summed E-state index contributed by atoms with van der Waals surface area (Å²) < 4.78 is 32.3. The van der Waals surface area contributed by atoms with Crippen LogP contribution in [0.4, 0.5) is 0 Å². The van der Waals surface area contributed by atoms with Crippen LogP contribution >= 0.6 is 0 Å². The summed E-state index contributed by atoms with van der Waals surface area (Å²) in [5.41, 5.74) is 5.29. The molecule has 0 aliphatic heterocycles. The Morgan fingerprint density at radius 1 is 1.05 bits per heavy atom. The van der Waals surface area contributed by atoms with E-state index in [2.05, 4.69) is 4.72 Å². The van der Waals surface area contributed by atoms with Crippen molar-refractivity contribution in [3.05, 3.63) is 42.5 Å². The topological polar surface area (TPSA) is 81.4 Å². The molecule has 0 aromatic heterocycles. The molecule has 0 heterocycles. The Kier molecular flexibility index (Phi) is 5.08. The third-order valence-corrected chi connectivity index (χ3v) is 4.36. The molecule has 20 heavy (non-hydrogen) atoms. The molecule has 6 heteroatoms. The lowest BCUT2D eigenvalue weighted by Crippen LogP contribution is -2.28. The van der Waals surface area contributed by atoms with E-state index in [1.807, 2.05) is 24.3 Å². The first-order chi connectivity index (χ1) is 9.65. The van der Waals surface area contributed by atoms with Gasteiger partial charge in [-0.3, -0.25) is 0 Å². The van der Waals surface area contributed by atoms with Gasteiger partial charge in [0.05, 0.1) is 18.1 Å². The second-order valence-corrected chi connectivity index (χ2v) is 6.01. The summed E-state index contributed by atoms with van der Waals surface area (Å²) in [5.74, 6) is 0. The summed E-state index contributed by atoms with van der Waals surface area (Å²) in [7, 11) is -3.54. The zero-order valence-electron chi connectivity index (χ0n) is 11.1. The van der Waals surface area contributed by atoms with Gasteiger partial charge in [-0.05, 0) is 11.5 Å². The predicted molar refractivity (Wildman–Crippen MR) is 79.0 cm³/mol. The van der Waals surface area contributed by atoms with Gasteiger partial charge in [0, 0.05) is 18.5 Å². The van der Waals surface area contributed by atoms with Crippen LogP contribution in [0.5, 0.6) is 0 Å². The Bertz CT molecular complexity index is 666. The van der Waals surface area contributed by atoms with E-state index >= 15 is 0 Å². The molecular formula is C14H18N2O3S. The van der Waals surface area contributed by atoms with Crippen LogP contribution in [0.15, 0.2) is 47.4 Å². The molecule has 108 valence electrons. The van der Waals surface area contributed by atoms with Gasteiger partial charge in [-0.2, -0.15) is 0 Å². The summed E-state index contributed by atoms with van der Waals surface area (Å²) in [6.45, 7) is 1.39. The van der Waals surface area contributed by atoms with Crippen molar-refractivity contribution in [1.82, 2.24) is 4.72 Å². The largest absolute Gasteiger partial charge is 0.379 e. The molecule has 0 fully saturated rings. The van der Waals surface area contributed by atoms with Crippen molar-refractivity contribution in [1.29, 1.82) is 0 Å². The molecule has 0 radical (unpaired) electrons. The van der Waals surface area contributed by atoms with Crippen molar-refractivity contribution < 1.29 is 13.2 Å². The average Bonchev–Trinajstić information content (AvgIpc) is 2.46. The lowest BCUT2D eigenvalue weighted by molar-refractivity contribution is 0.147. The summed E-state index contributed by atoms with van der Waals surface area (Å²) >= 11 is 0. The van der Waals surface area contributed by atoms with E-state index in [-0.39, 0.29) is 11.4 Å². The van der Waals surface area contributed by atoms with E-state index in [4.69, 9.17) is 10.5 Å². The molecule has 2 aromatic rings. The van der Waals surface area contributed by atoms with Crippen molar-refractivity contribution >= 4 is 20.8 Å². The standard InChI is InChI=1S/C14H18N2O3S/c15-8-10-19-11-9-16-20(17,18)14-7-3-5-12-4-1-2-6-13(12)14/h1-7,16H,8-11,15H2. The highest BCUT2D eigenvalue weighted by atomic mass is 32.2. The molecular weight excluding hydrogens is 276 g/mol. The Balaban J connectivity index is 2.15. The van der Waals surface area contributed by atoms with Gasteiger partial charge in [0.25, 0.3) is 0 Å². The number of nitrogens with one attached hydrogen (secondary N) is 1. The van der Waals surface area contributed by atoms with Crippen molar-refractivity contribution in [3.8, 4) is 0 Å². The van der Waals surface area contributed by atoms with Gasteiger partial charge in [0.1, 0.15) is 0 Å². The molecule has 2 rings (SSSR count). The van der Waals surface area contributed by atoms with Gasteiger partial charge in [0.15, 0.2) is 0 Å². The summed E-state index contributed by atoms with van der Waals surface area (Å²) in [4.78, 5) is 0.287. The van der Waals surface area contributed by atoms with E-state index in [1.54, 1.807) is 18.2 Å². The van der Waals surface area contributed by atoms with Crippen LogP contribution in [0.1, 0.15) is 0 Å². The zero-order chi connectivity index (χ0) is 14.4. The van der Waals surface area contributed by atoms with E-state index < -0.39 is 10.0 Å². The Morgan fingerprint density at radius 3 is 2.60 bits per heavy atom. The number of hydrogen-bond donors (Lipinski definition) is 2. The monoisotopic (exact) mass is 294 g/mol. The number of hydrogen-bond acceptors (Lipinski definition) is 4. The summed E-state index contributed by atoms with van der Waals surface area (Å²) in [6, 6.07) is 12.6. The van der Waals surface area contributed by atoms with Gasteiger partial charge in [-0.15, -0.1) is 0 Å². The van der Waals surface area contributed by atoms with Crippen molar-refractivity contribution in [3.63, 3.8) is 0 Å². The van der Waals surface area contributed by atoms with Crippen LogP contribution in [-0.4, -0.2) is 34.7 Å². The fraction of sp³-hybridized carbons (Fsp3) is 0.286. The van der Waals surface area contributed by atoms with Crippen molar-refractivity contribution in [2.24, 2.45) is 5.73 Å². The lowest BCUT2D eigenvalue weighted by atomic mass is 10.1. The maximum absolute atomic E-state index is 12.3. The molecule has 0 saturated heterocycles. The van der Waals surface area contributed by atoms with E-state index in [9.17, 15) is 8.42 Å². The van der Waals surface area contributed by atoms with E-state index in [1.165, 1.54) is 0 Å². The maximum Gasteiger partial charge on any atom is 0.241 e. The van der Waals surface area contributed by atoms with Crippen LogP contribution < -0.4 is 10.5 Å². The predicted octanol–water partition coefficient (Wildman–Crippen LogP) is 1.09. The Labute approximate surface area is 118 Å². The average molecular weight is 294 g/mol. The highest BCUT2D eigenvalue weighted by molar-refractivity contribution is 7.89. The third kappa shape index (κ3) is 3.55.